The highest BCUT2D eigenvalue weighted by Crippen LogP contribution is 2.35. The van der Waals surface area contributed by atoms with E-state index in [0.717, 1.165) is 4.90 Å². The Hall–Kier alpha value is -3.67. The van der Waals surface area contributed by atoms with Crippen LogP contribution in [0.3, 0.4) is 0 Å². The molecule has 0 radical (unpaired) electrons. The highest BCUT2D eigenvalue weighted by molar-refractivity contribution is 14.1. The summed E-state index contributed by atoms with van der Waals surface area (Å²) in [5.74, 6) is -0.818. The summed E-state index contributed by atoms with van der Waals surface area (Å²) < 4.78 is 31.0. The third-order valence-electron chi connectivity index (χ3n) is 4.97. The van der Waals surface area contributed by atoms with Gasteiger partial charge in [-0.3, -0.25) is 19.8 Å². The van der Waals surface area contributed by atoms with Gasteiger partial charge in [0.15, 0.2) is 11.5 Å². The van der Waals surface area contributed by atoms with Crippen LogP contribution in [0.15, 0.2) is 64.8 Å². The number of ether oxygens (including phenoxy) is 2. The number of furan rings is 1. The first-order chi connectivity index (χ1) is 16.4. The van der Waals surface area contributed by atoms with Crippen LogP contribution in [0.2, 0.25) is 0 Å². The van der Waals surface area contributed by atoms with Gasteiger partial charge in [0.05, 0.1) is 23.5 Å². The zero-order valence-corrected chi connectivity index (χ0v) is 20.0. The summed E-state index contributed by atoms with van der Waals surface area (Å²) in [5, 5.41) is 2.16. The molecule has 0 saturated carbocycles. The van der Waals surface area contributed by atoms with E-state index in [1.54, 1.807) is 42.5 Å². The highest BCUT2D eigenvalue weighted by atomic mass is 127. The molecule has 4 amide bonds. The maximum atomic E-state index is 13.9. The first-order valence-electron chi connectivity index (χ1n) is 10.0. The minimum absolute atomic E-state index is 0.00971. The molecule has 1 aliphatic rings. The van der Waals surface area contributed by atoms with Crippen molar-refractivity contribution in [3.8, 4) is 11.5 Å². The van der Waals surface area contributed by atoms with E-state index in [1.165, 1.54) is 25.5 Å². The van der Waals surface area contributed by atoms with E-state index in [9.17, 15) is 18.8 Å². The zero-order valence-electron chi connectivity index (χ0n) is 17.8. The molecular weight excluding hydrogens is 558 g/mol. The second kappa shape index (κ2) is 10.1. The van der Waals surface area contributed by atoms with E-state index < -0.39 is 17.8 Å². The molecule has 1 aromatic heterocycles. The van der Waals surface area contributed by atoms with Gasteiger partial charge in [0.1, 0.15) is 23.8 Å². The number of methoxy groups -OCH3 is 1. The van der Waals surface area contributed by atoms with Gasteiger partial charge < -0.3 is 13.9 Å². The Morgan fingerprint density at radius 3 is 2.65 bits per heavy atom. The quantitative estimate of drug-likeness (QED) is 0.257. The predicted molar refractivity (Wildman–Crippen MR) is 127 cm³/mol. The molecule has 3 aromatic rings. The van der Waals surface area contributed by atoms with Gasteiger partial charge in [-0.2, -0.15) is 0 Å². The van der Waals surface area contributed by atoms with Crippen LogP contribution in [-0.4, -0.2) is 29.9 Å². The molecule has 1 N–H and O–H groups in total. The Bertz CT molecular complexity index is 1290. The zero-order chi connectivity index (χ0) is 24.2. The van der Waals surface area contributed by atoms with Crippen molar-refractivity contribution in [2.24, 2.45) is 0 Å². The summed E-state index contributed by atoms with van der Waals surface area (Å²) in [6.07, 6.45) is 2.79. The van der Waals surface area contributed by atoms with E-state index >= 15 is 0 Å². The van der Waals surface area contributed by atoms with Crippen LogP contribution < -0.4 is 14.8 Å². The third kappa shape index (κ3) is 4.96. The predicted octanol–water partition coefficient (Wildman–Crippen LogP) is 4.27. The molecule has 4 rings (SSSR count). The van der Waals surface area contributed by atoms with Gasteiger partial charge in [0.2, 0.25) is 0 Å². The molecule has 34 heavy (non-hydrogen) atoms. The molecule has 1 aliphatic heterocycles. The summed E-state index contributed by atoms with van der Waals surface area (Å²) >= 11 is 2.02. The van der Waals surface area contributed by atoms with Crippen molar-refractivity contribution in [2.45, 2.75) is 13.2 Å². The molecule has 2 heterocycles. The Morgan fingerprint density at radius 2 is 1.94 bits per heavy atom. The third-order valence-corrected chi connectivity index (χ3v) is 5.77. The van der Waals surface area contributed by atoms with E-state index in [1.807, 2.05) is 22.6 Å². The molecule has 10 heteroatoms. The maximum absolute atomic E-state index is 13.9. The van der Waals surface area contributed by atoms with Crippen LogP contribution >= 0.6 is 22.6 Å². The number of amides is 4. The SMILES string of the molecule is COc1cc(/C=C2\C(=O)NC(=O)N(Cc3ccco3)C2=O)cc(I)c1OCc1ccccc1F. The lowest BCUT2D eigenvalue weighted by atomic mass is 10.1. The van der Waals surface area contributed by atoms with Gasteiger partial charge in [-0.05, 0) is 64.6 Å². The Balaban J connectivity index is 1.60. The van der Waals surface area contributed by atoms with Crippen molar-refractivity contribution in [1.82, 2.24) is 10.2 Å². The van der Waals surface area contributed by atoms with Crippen molar-refractivity contribution >= 4 is 46.5 Å². The van der Waals surface area contributed by atoms with Crippen molar-refractivity contribution in [3.63, 3.8) is 0 Å². The second-order valence-corrected chi connectivity index (χ2v) is 8.36. The molecule has 0 spiro atoms. The molecule has 0 atom stereocenters. The number of urea groups is 1. The van der Waals surface area contributed by atoms with Crippen LogP contribution in [0, 0.1) is 9.39 Å². The van der Waals surface area contributed by atoms with Crippen molar-refractivity contribution in [3.05, 3.63) is 86.6 Å². The maximum Gasteiger partial charge on any atom is 0.331 e. The van der Waals surface area contributed by atoms with Crippen LogP contribution in [-0.2, 0) is 22.7 Å². The number of hydrogen-bond acceptors (Lipinski definition) is 6. The van der Waals surface area contributed by atoms with E-state index in [-0.39, 0.29) is 24.5 Å². The average Bonchev–Trinajstić information content (AvgIpc) is 3.33. The molecule has 0 unspecified atom stereocenters. The normalized spacial score (nSPS) is 15.0. The molecule has 0 aliphatic carbocycles. The minimum Gasteiger partial charge on any atom is -0.493 e. The topological polar surface area (TPSA) is 98.1 Å². The lowest BCUT2D eigenvalue weighted by Crippen LogP contribution is -2.53. The van der Waals surface area contributed by atoms with Crippen molar-refractivity contribution < 1.29 is 32.7 Å². The van der Waals surface area contributed by atoms with E-state index in [4.69, 9.17) is 13.9 Å². The number of carbonyl (C=O) groups is 3. The monoisotopic (exact) mass is 576 g/mol. The molecule has 0 bridgehead atoms. The van der Waals surface area contributed by atoms with Crippen LogP contribution in [0.1, 0.15) is 16.9 Å². The van der Waals surface area contributed by atoms with Crippen LogP contribution in [0.5, 0.6) is 11.5 Å². The van der Waals surface area contributed by atoms with Gasteiger partial charge >= 0.3 is 6.03 Å². The molecule has 1 fully saturated rings. The smallest absolute Gasteiger partial charge is 0.331 e. The summed E-state index contributed by atoms with van der Waals surface area (Å²) in [6.45, 7) is -0.129. The van der Waals surface area contributed by atoms with Gasteiger partial charge in [0.25, 0.3) is 11.8 Å². The number of benzene rings is 2. The summed E-state index contributed by atoms with van der Waals surface area (Å²) in [4.78, 5) is 38.4. The fourth-order valence-corrected chi connectivity index (χ4v) is 4.07. The summed E-state index contributed by atoms with van der Waals surface area (Å²) in [7, 11) is 1.44. The molecular formula is C24H18FIN2O6. The van der Waals surface area contributed by atoms with Crippen LogP contribution in [0.25, 0.3) is 6.08 Å². The van der Waals surface area contributed by atoms with Gasteiger partial charge in [-0.15, -0.1) is 0 Å². The van der Waals surface area contributed by atoms with Crippen molar-refractivity contribution in [2.75, 3.05) is 7.11 Å². The van der Waals surface area contributed by atoms with Crippen molar-refractivity contribution in [1.29, 1.82) is 0 Å². The number of barbiturate groups is 1. The molecule has 1 saturated heterocycles. The van der Waals surface area contributed by atoms with Gasteiger partial charge in [-0.25, -0.2) is 9.18 Å². The molecule has 8 nitrogen and oxygen atoms in total. The van der Waals surface area contributed by atoms with Gasteiger partial charge in [0, 0.05) is 5.56 Å². The number of halogens is 2. The Morgan fingerprint density at radius 1 is 1.15 bits per heavy atom. The number of nitrogens with zero attached hydrogens (tertiary/aromatic N) is 1. The highest BCUT2D eigenvalue weighted by Gasteiger charge is 2.36. The Kier molecular flexibility index (Phi) is 6.96. The fourth-order valence-electron chi connectivity index (χ4n) is 3.29. The number of rotatable bonds is 7. The number of nitrogens with one attached hydrogen (secondary N) is 1. The summed E-state index contributed by atoms with van der Waals surface area (Å²) in [6, 6.07) is 12.0. The van der Waals surface area contributed by atoms with E-state index in [2.05, 4.69) is 5.32 Å². The lowest BCUT2D eigenvalue weighted by Gasteiger charge is -2.25. The Labute approximate surface area is 207 Å². The summed E-state index contributed by atoms with van der Waals surface area (Å²) in [5.41, 5.74) is 0.645. The average molecular weight is 576 g/mol. The second-order valence-electron chi connectivity index (χ2n) is 7.20. The molecule has 2 aromatic carbocycles. The number of carbonyl (C=O) groups excluding carboxylic acids is 3. The fraction of sp³-hybridized carbons (Fsp3) is 0.125. The largest absolute Gasteiger partial charge is 0.493 e. The minimum atomic E-state index is -0.826. The standard InChI is InChI=1S/C24H18FIN2O6/c1-32-20-11-14(10-19(26)21(20)34-13-15-5-2-3-7-18(15)25)9-17-22(29)27-24(31)28(23(17)30)12-16-6-4-8-33-16/h2-11H,12-13H2,1H3,(H,27,29,31)/b17-9+. The lowest BCUT2D eigenvalue weighted by molar-refractivity contribution is -0.130. The van der Waals surface area contributed by atoms with E-state index in [0.29, 0.717) is 32.0 Å². The van der Waals surface area contributed by atoms with Crippen LogP contribution in [0.4, 0.5) is 9.18 Å². The number of hydrogen-bond donors (Lipinski definition) is 1. The van der Waals surface area contributed by atoms with Gasteiger partial charge in [-0.1, -0.05) is 18.2 Å². The first kappa shape index (κ1) is 23.5. The first-order valence-corrected chi connectivity index (χ1v) is 11.1. The number of imide groups is 2. The molecule has 174 valence electrons.